The number of ether oxygens (including phenoxy) is 1. The summed E-state index contributed by atoms with van der Waals surface area (Å²) in [6.07, 6.45) is 3.05. The minimum absolute atomic E-state index is 0.0249. The van der Waals surface area contributed by atoms with Gasteiger partial charge in [-0.05, 0) is 37.3 Å². The van der Waals surface area contributed by atoms with Gasteiger partial charge in [0.1, 0.15) is 12.4 Å². The molecule has 27 heavy (non-hydrogen) atoms. The molecule has 0 heterocycles. The van der Waals surface area contributed by atoms with Gasteiger partial charge in [-0.1, -0.05) is 6.42 Å². The van der Waals surface area contributed by atoms with Crippen molar-refractivity contribution in [1.29, 1.82) is 0 Å². The van der Waals surface area contributed by atoms with Crippen molar-refractivity contribution >= 4 is 18.2 Å². The van der Waals surface area contributed by atoms with Crippen molar-refractivity contribution in [2.24, 2.45) is 11.5 Å². The molecule has 1 aromatic rings. The molecule has 0 aliphatic heterocycles. The number of amides is 3. The Bertz CT molecular complexity index is 656. The Morgan fingerprint density at radius 1 is 1.11 bits per heavy atom. The lowest BCUT2D eigenvalue weighted by Crippen LogP contribution is -2.35. The van der Waals surface area contributed by atoms with Crippen molar-refractivity contribution in [2.75, 3.05) is 6.61 Å². The Labute approximate surface area is 156 Å². The summed E-state index contributed by atoms with van der Waals surface area (Å²) >= 11 is 0. The van der Waals surface area contributed by atoms with E-state index in [4.69, 9.17) is 16.2 Å². The molecule has 1 aromatic carbocycles. The molecule has 0 spiro atoms. The molecule has 0 aromatic heterocycles. The first-order valence-corrected chi connectivity index (χ1v) is 8.70. The summed E-state index contributed by atoms with van der Waals surface area (Å²) in [4.78, 5) is 32.1. The molecule has 0 fully saturated rings. The van der Waals surface area contributed by atoms with Crippen LogP contribution in [0.2, 0.25) is 0 Å². The summed E-state index contributed by atoms with van der Waals surface area (Å²) < 4.78 is 33.6. The van der Waals surface area contributed by atoms with Crippen molar-refractivity contribution in [1.82, 2.24) is 5.32 Å². The predicted molar refractivity (Wildman–Crippen MR) is 94.6 cm³/mol. The van der Waals surface area contributed by atoms with Crippen molar-refractivity contribution < 1.29 is 27.9 Å². The lowest BCUT2D eigenvalue weighted by molar-refractivity contribution is -0.119. The van der Waals surface area contributed by atoms with Crippen LogP contribution in [0, 0.1) is 11.6 Å². The maximum absolute atomic E-state index is 14.5. The number of primary amides is 2. The van der Waals surface area contributed by atoms with E-state index in [1.807, 2.05) is 0 Å². The molecular weight excluding hydrogens is 360 g/mol. The maximum Gasteiger partial charge on any atom is 0.217 e. The first-order valence-electron chi connectivity index (χ1n) is 8.70. The molecule has 0 saturated carbocycles. The van der Waals surface area contributed by atoms with E-state index in [0.29, 0.717) is 25.7 Å². The summed E-state index contributed by atoms with van der Waals surface area (Å²) in [7, 11) is 0. The van der Waals surface area contributed by atoms with Crippen LogP contribution in [-0.4, -0.2) is 30.9 Å². The zero-order valence-electron chi connectivity index (χ0n) is 15.0. The number of hydrogen-bond acceptors (Lipinski definition) is 4. The zero-order valence-corrected chi connectivity index (χ0v) is 15.0. The van der Waals surface area contributed by atoms with Crippen LogP contribution in [0.25, 0.3) is 0 Å². The summed E-state index contributed by atoms with van der Waals surface area (Å²) in [5, 5.41) is 2.45. The number of rotatable bonds is 14. The topological polar surface area (TPSA) is 125 Å². The summed E-state index contributed by atoms with van der Waals surface area (Å²) in [6, 6.07) is 1.47. The van der Waals surface area contributed by atoms with E-state index in [-0.39, 0.29) is 43.6 Å². The van der Waals surface area contributed by atoms with Gasteiger partial charge >= 0.3 is 0 Å². The minimum atomic E-state index is -0.675. The summed E-state index contributed by atoms with van der Waals surface area (Å²) in [5.41, 5.74) is 10.3. The van der Waals surface area contributed by atoms with Crippen LogP contribution in [0.1, 0.15) is 44.1 Å². The summed E-state index contributed by atoms with van der Waals surface area (Å²) in [6.45, 7) is -0.134. The van der Waals surface area contributed by atoms with Gasteiger partial charge in [-0.25, -0.2) is 8.78 Å². The van der Waals surface area contributed by atoms with Gasteiger partial charge in [0.05, 0.1) is 6.04 Å². The van der Waals surface area contributed by atoms with E-state index in [9.17, 15) is 23.2 Å². The quantitative estimate of drug-likeness (QED) is 0.330. The zero-order chi connectivity index (χ0) is 20.2. The second kappa shape index (κ2) is 11.8. The minimum Gasteiger partial charge on any atom is -0.488 e. The molecule has 7 nitrogen and oxygen atoms in total. The van der Waals surface area contributed by atoms with Gasteiger partial charge in [-0.15, -0.1) is 0 Å². The molecule has 5 N–H and O–H groups in total. The third-order valence-corrected chi connectivity index (χ3v) is 3.93. The third-order valence-electron chi connectivity index (χ3n) is 3.93. The molecule has 0 aliphatic carbocycles. The highest BCUT2D eigenvalue weighted by Crippen LogP contribution is 2.24. The van der Waals surface area contributed by atoms with Crippen LogP contribution >= 0.6 is 0 Å². The van der Waals surface area contributed by atoms with Crippen LogP contribution < -0.4 is 21.5 Å². The molecule has 3 amide bonds. The Kier molecular flexibility index (Phi) is 9.78. The molecule has 0 bridgehead atoms. The average Bonchev–Trinajstić information content (AvgIpc) is 2.59. The van der Waals surface area contributed by atoms with Gasteiger partial charge in [-0.2, -0.15) is 0 Å². The van der Waals surface area contributed by atoms with E-state index in [1.54, 1.807) is 0 Å². The Balaban J connectivity index is 2.66. The summed E-state index contributed by atoms with van der Waals surface area (Å²) in [5.74, 6) is -2.51. The lowest BCUT2D eigenvalue weighted by Gasteiger charge is -2.17. The monoisotopic (exact) mass is 385 g/mol. The van der Waals surface area contributed by atoms with Gasteiger partial charge in [0, 0.05) is 18.9 Å². The Morgan fingerprint density at radius 2 is 1.81 bits per heavy atom. The van der Waals surface area contributed by atoms with Crippen molar-refractivity contribution in [2.45, 2.75) is 51.0 Å². The van der Waals surface area contributed by atoms with Gasteiger partial charge in [-0.3, -0.25) is 14.4 Å². The van der Waals surface area contributed by atoms with E-state index < -0.39 is 29.5 Å². The third kappa shape index (κ3) is 8.98. The van der Waals surface area contributed by atoms with Gasteiger partial charge in [0.25, 0.3) is 0 Å². The fourth-order valence-electron chi connectivity index (χ4n) is 2.51. The standard InChI is InChI=1S/C18H25F2N3O4/c19-13-8-12(4-2-1-3-5-16(21)25)18(20)15(9-13)27-10-14(23-11-24)6-7-17(22)26/h8-9,11,14H,1-7,10H2,(H2,21,25)(H2,22,26)(H,23,24)/t14-/m0/s1. The van der Waals surface area contributed by atoms with E-state index in [1.165, 1.54) is 0 Å². The van der Waals surface area contributed by atoms with Gasteiger partial charge in [0.2, 0.25) is 18.2 Å². The van der Waals surface area contributed by atoms with Gasteiger partial charge in [0.15, 0.2) is 11.6 Å². The predicted octanol–water partition coefficient (Wildman–Crippen LogP) is 1.31. The van der Waals surface area contributed by atoms with Crippen LogP contribution in [-0.2, 0) is 20.8 Å². The van der Waals surface area contributed by atoms with Crippen molar-refractivity contribution in [3.63, 3.8) is 0 Å². The lowest BCUT2D eigenvalue weighted by atomic mass is 10.0. The number of carbonyl (C=O) groups is 3. The SMILES string of the molecule is NC(=O)CCCCCc1cc(F)cc(OC[C@H](CCC(N)=O)NC=O)c1F. The molecule has 1 rings (SSSR count). The highest BCUT2D eigenvalue weighted by molar-refractivity contribution is 5.74. The smallest absolute Gasteiger partial charge is 0.217 e. The molecule has 0 aliphatic rings. The number of unbranched alkanes of at least 4 members (excludes halogenated alkanes) is 2. The maximum atomic E-state index is 14.5. The second-order valence-electron chi connectivity index (χ2n) is 6.20. The molecular formula is C18H25F2N3O4. The molecule has 0 saturated heterocycles. The number of nitrogens with two attached hydrogens (primary N) is 2. The van der Waals surface area contributed by atoms with Gasteiger partial charge < -0.3 is 21.5 Å². The fraction of sp³-hybridized carbons (Fsp3) is 0.500. The first kappa shape index (κ1) is 22.3. The van der Waals surface area contributed by atoms with Crippen LogP contribution in [0.3, 0.4) is 0 Å². The van der Waals surface area contributed by atoms with Crippen LogP contribution in [0.15, 0.2) is 12.1 Å². The molecule has 0 unspecified atom stereocenters. The normalized spacial score (nSPS) is 11.6. The number of benzene rings is 1. The highest BCUT2D eigenvalue weighted by Gasteiger charge is 2.15. The number of hydrogen-bond donors (Lipinski definition) is 3. The fourth-order valence-corrected chi connectivity index (χ4v) is 2.51. The van der Waals surface area contributed by atoms with E-state index in [0.717, 1.165) is 12.1 Å². The molecule has 1 atom stereocenters. The second-order valence-corrected chi connectivity index (χ2v) is 6.20. The van der Waals surface area contributed by atoms with Crippen molar-refractivity contribution in [3.05, 3.63) is 29.3 Å². The number of carbonyl (C=O) groups excluding carboxylic acids is 3. The largest absolute Gasteiger partial charge is 0.488 e. The number of aryl methyl sites for hydroxylation is 1. The average molecular weight is 385 g/mol. The highest BCUT2D eigenvalue weighted by atomic mass is 19.1. The van der Waals surface area contributed by atoms with Crippen LogP contribution in [0.5, 0.6) is 5.75 Å². The van der Waals surface area contributed by atoms with E-state index >= 15 is 0 Å². The Morgan fingerprint density at radius 3 is 2.44 bits per heavy atom. The van der Waals surface area contributed by atoms with E-state index in [2.05, 4.69) is 5.32 Å². The molecule has 150 valence electrons. The first-order chi connectivity index (χ1) is 12.8. The van der Waals surface area contributed by atoms with Crippen molar-refractivity contribution in [3.8, 4) is 5.75 Å². The number of halogens is 2. The molecule has 9 heteroatoms. The Hall–Kier alpha value is -2.71. The molecule has 0 radical (unpaired) electrons. The number of nitrogens with one attached hydrogen (secondary N) is 1. The van der Waals surface area contributed by atoms with Crippen LogP contribution in [0.4, 0.5) is 8.78 Å².